The number of nitrogens with two attached hydrogens (primary N) is 1. The van der Waals surface area contributed by atoms with E-state index >= 15 is 0 Å². The monoisotopic (exact) mass is 207 g/mol. The van der Waals surface area contributed by atoms with Gasteiger partial charge in [0.05, 0.1) is 12.8 Å². The fraction of sp³-hybridized carbons (Fsp3) is 0.333. The van der Waals surface area contributed by atoms with Gasteiger partial charge in [0.25, 0.3) is 5.88 Å². The third-order valence-electron chi connectivity index (χ3n) is 1.93. The van der Waals surface area contributed by atoms with Gasteiger partial charge in [-0.25, -0.2) is 10.8 Å². The summed E-state index contributed by atoms with van der Waals surface area (Å²) in [7, 11) is 0. The van der Waals surface area contributed by atoms with Crippen LogP contribution in [0.4, 0.5) is 5.82 Å². The van der Waals surface area contributed by atoms with E-state index in [9.17, 15) is 0 Å². The molecule has 2 rings (SSSR count). The number of imidazole rings is 1. The third kappa shape index (κ3) is 1.84. The zero-order valence-electron chi connectivity index (χ0n) is 8.47. The number of hydrogen-bond donors (Lipinski definition) is 2. The van der Waals surface area contributed by atoms with Gasteiger partial charge in [-0.2, -0.15) is 4.98 Å². The predicted molar refractivity (Wildman–Crippen MR) is 56.6 cm³/mol. The molecule has 6 nitrogen and oxygen atoms in total. The summed E-state index contributed by atoms with van der Waals surface area (Å²) in [5.41, 5.74) is 3.18. The average molecular weight is 207 g/mol. The van der Waals surface area contributed by atoms with E-state index in [1.807, 2.05) is 17.5 Å². The zero-order chi connectivity index (χ0) is 10.7. The van der Waals surface area contributed by atoms with Crippen molar-refractivity contribution in [2.45, 2.75) is 13.3 Å². The Kier molecular flexibility index (Phi) is 2.68. The van der Waals surface area contributed by atoms with Crippen LogP contribution in [0, 0.1) is 0 Å². The first-order chi connectivity index (χ1) is 7.35. The van der Waals surface area contributed by atoms with Gasteiger partial charge in [0.1, 0.15) is 0 Å². The fourth-order valence-corrected chi connectivity index (χ4v) is 1.27. The first kappa shape index (κ1) is 9.72. The van der Waals surface area contributed by atoms with E-state index in [-0.39, 0.29) is 0 Å². The van der Waals surface area contributed by atoms with E-state index in [1.165, 1.54) is 0 Å². The highest BCUT2D eigenvalue weighted by molar-refractivity contribution is 5.53. The fourth-order valence-electron chi connectivity index (χ4n) is 1.27. The second-order valence-electron chi connectivity index (χ2n) is 3.08. The molecule has 0 aliphatic heterocycles. The highest BCUT2D eigenvalue weighted by atomic mass is 16.5. The highest BCUT2D eigenvalue weighted by Gasteiger charge is 2.07. The van der Waals surface area contributed by atoms with E-state index in [4.69, 9.17) is 10.6 Å². The van der Waals surface area contributed by atoms with E-state index in [0.29, 0.717) is 24.0 Å². The first-order valence-corrected chi connectivity index (χ1v) is 4.78. The van der Waals surface area contributed by atoms with Crippen molar-refractivity contribution in [3.8, 4) is 5.88 Å². The Bertz CT molecular complexity index is 453. The minimum Gasteiger partial charge on any atom is -0.475 e. The number of nitrogens with zero attached hydrogens (tertiary/aromatic N) is 3. The quantitative estimate of drug-likeness (QED) is 0.573. The molecule has 0 saturated heterocycles. The van der Waals surface area contributed by atoms with Crippen LogP contribution in [0.3, 0.4) is 0 Å². The van der Waals surface area contributed by atoms with Gasteiger partial charge >= 0.3 is 0 Å². The number of hydrogen-bond acceptors (Lipinski definition) is 5. The molecule has 2 heterocycles. The molecule has 0 radical (unpaired) electrons. The smallest absolute Gasteiger partial charge is 0.260 e. The highest BCUT2D eigenvalue weighted by Crippen LogP contribution is 2.17. The largest absolute Gasteiger partial charge is 0.475 e. The van der Waals surface area contributed by atoms with Gasteiger partial charge in [0, 0.05) is 12.4 Å². The van der Waals surface area contributed by atoms with Gasteiger partial charge in [0.2, 0.25) is 5.65 Å². The maximum Gasteiger partial charge on any atom is 0.260 e. The van der Waals surface area contributed by atoms with Crippen molar-refractivity contribution in [3.63, 3.8) is 0 Å². The molecular weight excluding hydrogens is 194 g/mol. The van der Waals surface area contributed by atoms with Crippen LogP contribution in [-0.2, 0) is 0 Å². The summed E-state index contributed by atoms with van der Waals surface area (Å²) >= 11 is 0. The molecule has 0 fully saturated rings. The van der Waals surface area contributed by atoms with Gasteiger partial charge in [-0.1, -0.05) is 6.92 Å². The number of nitrogens with one attached hydrogen (secondary N) is 1. The van der Waals surface area contributed by atoms with E-state index in [0.717, 1.165) is 6.42 Å². The van der Waals surface area contributed by atoms with Crippen LogP contribution in [0.1, 0.15) is 13.3 Å². The van der Waals surface area contributed by atoms with Crippen molar-refractivity contribution >= 4 is 11.5 Å². The van der Waals surface area contributed by atoms with E-state index < -0.39 is 0 Å². The normalized spacial score (nSPS) is 10.5. The molecule has 0 spiro atoms. The minimum atomic E-state index is 0.498. The lowest BCUT2D eigenvalue weighted by Gasteiger charge is -2.07. The minimum absolute atomic E-state index is 0.498. The molecule has 0 atom stereocenters. The third-order valence-corrected chi connectivity index (χ3v) is 1.93. The Morgan fingerprint density at radius 2 is 2.47 bits per heavy atom. The van der Waals surface area contributed by atoms with Crippen LogP contribution in [0.2, 0.25) is 0 Å². The molecule has 3 N–H and O–H groups in total. The van der Waals surface area contributed by atoms with E-state index in [2.05, 4.69) is 15.4 Å². The number of anilines is 1. The molecular formula is C9H13N5O. The summed E-state index contributed by atoms with van der Waals surface area (Å²) in [6.45, 7) is 2.65. The first-order valence-electron chi connectivity index (χ1n) is 4.78. The number of nitrogen functional groups attached to an aromatic ring is 1. The molecule has 0 aliphatic rings. The maximum atomic E-state index is 5.48. The average Bonchev–Trinajstić information content (AvgIpc) is 2.73. The molecule has 0 amide bonds. The van der Waals surface area contributed by atoms with Crippen LogP contribution < -0.4 is 16.0 Å². The second kappa shape index (κ2) is 4.14. The standard InChI is InChI=1S/C9H13N5O/c1-2-5-15-9-8-11-3-4-14(8)6-7(12-9)13-10/h3-4,6,13H,2,5,10H2,1H3. The molecule has 6 heteroatoms. The summed E-state index contributed by atoms with van der Waals surface area (Å²) in [5.74, 6) is 6.35. The summed E-state index contributed by atoms with van der Waals surface area (Å²) in [6.07, 6.45) is 6.18. The van der Waals surface area contributed by atoms with Crippen LogP contribution in [0.5, 0.6) is 5.88 Å². The molecule has 2 aromatic rings. The Balaban J connectivity index is 2.43. The van der Waals surface area contributed by atoms with Crippen LogP contribution >= 0.6 is 0 Å². The number of ether oxygens (including phenoxy) is 1. The topological polar surface area (TPSA) is 77.5 Å². The molecule has 80 valence electrons. The number of aromatic nitrogens is 3. The molecule has 15 heavy (non-hydrogen) atoms. The summed E-state index contributed by atoms with van der Waals surface area (Å²) < 4.78 is 7.29. The van der Waals surface area contributed by atoms with Gasteiger partial charge in [-0.3, -0.25) is 4.40 Å². The number of rotatable bonds is 4. The molecule has 0 saturated carbocycles. The summed E-state index contributed by atoms with van der Waals surface area (Å²) in [6, 6.07) is 0. The molecule has 0 bridgehead atoms. The van der Waals surface area contributed by atoms with Crippen LogP contribution in [0.15, 0.2) is 18.6 Å². The van der Waals surface area contributed by atoms with Gasteiger partial charge in [-0.15, -0.1) is 0 Å². The number of fused-ring (bicyclic) bond motifs is 1. The second-order valence-corrected chi connectivity index (χ2v) is 3.08. The van der Waals surface area contributed by atoms with Crippen molar-refractivity contribution in [1.29, 1.82) is 0 Å². The van der Waals surface area contributed by atoms with Crippen molar-refractivity contribution in [2.24, 2.45) is 5.84 Å². The molecule has 0 aromatic carbocycles. The van der Waals surface area contributed by atoms with Crippen LogP contribution in [0.25, 0.3) is 5.65 Å². The lowest BCUT2D eigenvalue weighted by molar-refractivity contribution is 0.307. The Morgan fingerprint density at radius 1 is 1.60 bits per heavy atom. The van der Waals surface area contributed by atoms with Crippen molar-refractivity contribution in [1.82, 2.24) is 14.4 Å². The molecule has 2 aromatic heterocycles. The van der Waals surface area contributed by atoms with Crippen LogP contribution in [-0.4, -0.2) is 21.0 Å². The summed E-state index contributed by atoms with van der Waals surface area (Å²) in [5, 5.41) is 0. The SMILES string of the molecule is CCCOc1nc(NN)cn2ccnc12. The van der Waals surface area contributed by atoms with Crippen molar-refractivity contribution in [3.05, 3.63) is 18.6 Å². The lowest BCUT2D eigenvalue weighted by Crippen LogP contribution is -2.11. The lowest BCUT2D eigenvalue weighted by atomic mass is 10.5. The Hall–Kier alpha value is -1.82. The van der Waals surface area contributed by atoms with Gasteiger partial charge in [-0.05, 0) is 6.42 Å². The zero-order valence-corrected chi connectivity index (χ0v) is 8.47. The number of hydrazine groups is 1. The Labute approximate surface area is 87.1 Å². The Morgan fingerprint density at radius 3 is 3.20 bits per heavy atom. The maximum absolute atomic E-state index is 5.48. The van der Waals surface area contributed by atoms with Crippen molar-refractivity contribution < 1.29 is 4.74 Å². The predicted octanol–water partition coefficient (Wildman–Crippen LogP) is 0.804. The molecule has 0 unspecified atom stereocenters. The van der Waals surface area contributed by atoms with Crippen molar-refractivity contribution in [2.75, 3.05) is 12.0 Å². The van der Waals surface area contributed by atoms with Gasteiger partial charge in [0.15, 0.2) is 5.82 Å². The van der Waals surface area contributed by atoms with E-state index in [1.54, 1.807) is 12.4 Å². The molecule has 0 aliphatic carbocycles. The summed E-state index contributed by atoms with van der Waals surface area (Å²) in [4.78, 5) is 8.34. The van der Waals surface area contributed by atoms with Gasteiger partial charge < -0.3 is 10.2 Å².